The molecule has 4 rings (SSSR count). The Bertz CT molecular complexity index is 1410. The number of aromatic nitrogens is 2. The summed E-state index contributed by atoms with van der Waals surface area (Å²) in [5, 5.41) is 28.1. The Balaban J connectivity index is 1.44. The van der Waals surface area contributed by atoms with Crippen LogP contribution >= 0.6 is 23.2 Å². The van der Waals surface area contributed by atoms with Gasteiger partial charge in [0.15, 0.2) is 0 Å². The summed E-state index contributed by atoms with van der Waals surface area (Å²) in [5.41, 5.74) is 2.04. The molecule has 0 saturated carbocycles. The van der Waals surface area contributed by atoms with Gasteiger partial charge in [0, 0.05) is 52.2 Å². The lowest BCUT2D eigenvalue weighted by Gasteiger charge is -2.11. The van der Waals surface area contributed by atoms with Gasteiger partial charge in [0.05, 0.1) is 4.92 Å². The molecule has 2 aromatic heterocycles. The summed E-state index contributed by atoms with van der Waals surface area (Å²) in [5.74, 6) is -0.467. The zero-order valence-corrected chi connectivity index (χ0v) is 20.3. The summed E-state index contributed by atoms with van der Waals surface area (Å²) in [6.45, 7) is 0.881. The van der Waals surface area contributed by atoms with Crippen molar-refractivity contribution in [3.8, 4) is 11.1 Å². The summed E-state index contributed by atoms with van der Waals surface area (Å²) in [6.07, 6.45) is 2.31. The minimum absolute atomic E-state index is 0.124. The Labute approximate surface area is 216 Å². The first-order valence-electron chi connectivity index (χ1n) is 10.9. The van der Waals surface area contributed by atoms with Crippen molar-refractivity contribution in [1.29, 1.82) is 0 Å². The molecule has 0 amide bonds. The Kier molecular flexibility index (Phi) is 7.72. The second-order valence-electron chi connectivity index (χ2n) is 7.83. The zero-order chi connectivity index (χ0) is 25.7. The van der Waals surface area contributed by atoms with Gasteiger partial charge in [-0.1, -0.05) is 47.5 Å². The lowest BCUT2D eigenvalue weighted by molar-refractivity contribution is -0.384. The number of aromatic carboxylic acids is 1. The highest BCUT2D eigenvalue weighted by molar-refractivity contribution is 6.36. The van der Waals surface area contributed by atoms with E-state index in [1.807, 2.05) is 18.2 Å². The molecule has 3 N–H and O–H groups in total. The molecule has 11 heteroatoms. The number of benzene rings is 2. The van der Waals surface area contributed by atoms with Gasteiger partial charge in [-0.15, -0.1) is 0 Å². The maximum atomic E-state index is 11.8. The molecule has 36 heavy (non-hydrogen) atoms. The van der Waals surface area contributed by atoms with E-state index in [1.54, 1.807) is 47.2 Å². The number of nitrogens with one attached hydrogen (secondary N) is 2. The van der Waals surface area contributed by atoms with E-state index in [1.165, 1.54) is 12.1 Å². The van der Waals surface area contributed by atoms with Crippen LogP contribution in [-0.4, -0.2) is 32.1 Å². The predicted molar refractivity (Wildman–Crippen MR) is 141 cm³/mol. The van der Waals surface area contributed by atoms with Gasteiger partial charge in [-0.05, 0) is 42.8 Å². The molecule has 0 atom stereocenters. The molecule has 2 heterocycles. The molecule has 0 aliphatic heterocycles. The molecular weight excluding hydrogens is 505 g/mol. The first-order chi connectivity index (χ1) is 17.3. The van der Waals surface area contributed by atoms with E-state index in [2.05, 4.69) is 15.6 Å². The van der Waals surface area contributed by atoms with Crippen molar-refractivity contribution in [2.75, 3.05) is 17.2 Å². The quantitative estimate of drug-likeness (QED) is 0.119. The van der Waals surface area contributed by atoms with Crippen molar-refractivity contribution in [2.45, 2.75) is 13.0 Å². The van der Waals surface area contributed by atoms with Crippen molar-refractivity contribution < 1.29 is 14.8 Å². The number of nitro groups is 1. The largest absolute Gasteiger partial charge is 0.477 e. The molecular formula is C25H21Cl2N5O4. The first kappa shape index (κ1) is 25.0. The van der Waals surface area contributed by atoms with Crippen LogP contribution in [0.1, 0.15) is 16.9 Å². The van der Waals surface area contributed by atoms with Gasteiger partial charge in [-0.3, -0.25) is 10.1 Å². The van der Waals surface area contributed by atoms with E-state index in [0.29, 0.717) is 52.2 Å². The predicted octanol–water partition coefficient (Wildman–Crippen LogP) is 6.71. The highest BCUT2D eigenvalue weighted by Crippen LogP contribution is 2.32. The molecule has 9 nitrogen and oxygen atoms in total. The van der Waals surface area contributed by atoms with E-state index in [4.69, 9.17) is 23.2 Å². The van der Waals surface area contributed by atoms with Crippen LogP contribution in [0, 0.1) is 10.1 Å². The first-order valence-corrected chi connectivity index (χ1v) is 11.7. The van der Waals surface area contributed by atoms with Gasteiger partial charge in [-0.2, -0.15) is 0 Å². The molecule has 0 saturated heterocycles. The molecule has 0 radical (unpaired) electrons. The van der Waals surface area contributed by atoms with Gasteiger partial charge in [0.1, 0.15) is 11.5 Å². The second kappa shape index (κ2) is 11.1. The van der Waals surface area contributed by atoms with Crippen LogP contribution in [0.4, 0.5) is 23.0 Å². The average molecular weight is 526 g/mol. The average Bonchev–Trinajstić information content (AvgIpc) is 3.26. The van der Waals surface area contributed by atoms with Crippen LogP contribution in [0.3, 0.4) is 0 Å². The SMILES string of the molecule is O=C(O)c1cc(-c2ccc(Cl)cc2Cl)cn1CCCNc1ccc([N+](=O)[O-])c(Nc2ccccc2)n1. The fourth-order valence-corrected chi connectivity index (χ4v) is 4.18. The summed E-state index contributed by atoms with van der Waals surface area (Å²) in [6, 6.07) is 18.6. The van der Waals surface area contributed by atoms with E-state index in [-0.39, 0.29) is 17.2 Å². The van der Waals surface area contributed by atoms with Crippen LogP contribution < -0.4 is 10.6 Å². The van der Waals surface area contributed by atoms with E-state index >= 15 is 0 Å². The Morgan fingerprint density at radius 3 is 2.56 bits per heavy atom. The number of para-hydroxylation sites is 1. The molecule has 0 spiro atoms. The van der Waals surface area contributed by atoms with E-state index < -0.39 is 10.9 Å². The fraction of sp³-hybridized carbons (Fsp3) is 0.120. The molecule has 0 fully saturated rings. The lowest BCUT2D eigenvalue weighted by atomic mass is 10.1. The fourth-order valence-electron chi connectivity index (χ4n) is 3.66. The van der Waals surface area contributed by atoms with Gasteiger partial charge in [0.2, 0.25) is 5.82 Å². The van der Waals surface area contributed by atoms with Crippen LogP contribution in [-0.2, 0) is 6.54 Å². The lowest BCUT2D eigenvalue weighted by Crippen LogP contribution is -2.12. The number of aryl methyl sites for hydroxylation is 1. The number of anilines is 3. The van der Waals surface area contributed by atoms with Gasteiger partial charge < -0.3 is 20.3 Å². The normalized spacial score (nSPS) is 10.7. The minimum Gasteiger partial charge on any atom is -0.477 e. The third-order valence-electron chi connectivity index (χ3n) is 5.35. The van der Waals surface area contributed by atoms with Crippen LogP contribution in [0.2, 0.25) is 10.0 Å². The van der Waals surface area contributed by atoms with Crippen LogP contribution in [0.25, 0.3) is 11.1 Å². The summed E-state index contributed by atoms with van der Waals surface area (Å²) in [4.78, 5) is 27.0. The Morgan fingerprint density at radius 1 is 1.08 bits per heavy atom. The summed E-state index contributed by atoms with van der Waals surface area (Å²) >= 11 is 12.3. The minimum atomic E-state index is -1.05. The van der Waals surface area contributed by atoms with Gasteiger partial charge >= 0.3 is 11.7 Å². The van der Waals surface area contributed by atoms with Crippen LogP contribution in [0.15, 0.2) is 72.9 Å². The maximum absolute atomic E-state index is 11.8. The van der Waals surface area contributed by atoms with E-state index in [9.17, 15) is 20.0 Å². The van der Waals surface area contributed by atoms with E-state index in [0.717, 1.165) is 0 Å². The number of hydrogen-bond donors (Lipinski definition) is 3. The number of halogens is 2. The van der Waals surface area contributed by atoms with Crippen molar-refractivity contribution in [3.05, 3.63) is 98.8 Å². The number of rotatable bonds is 10. The number of pyridine rings is 1. The smallest absolute Gasteiger partial charge is 0.352 e. The number of carboxylic acids is 1. The molecule has 2 aromatic carbocycles. The number of carboxylic acid groups (broad SMARTS) is 1. The molecule has 184 valence electrons. The third kappa shape index (κ3) is 5.94. The molecule has 0 unspecified atom stereocenters. The van der Waals surface area contributed by atoms with Crippen molar-refractivity contribution in [1.82, 2.24) is 9.55 Å². The standard InChI is InChI=1S/C25H21Cl2N5O4/c26-17-7-8-19(20(27)14-17)16-13-22(25(33)34)31(15-16)12-4-11-28-23-10-9-21(32(35)36)24(30-23)29-18-5-2-1-3-6-18/h1-3,5-10,13-15H,4,11-12H2,(H,33,34)(H2,28,29,30). The molecule has 0 aliphatic rings. The van der Waals surface area contributed by atoms with Gasteiger partial charge in [0.25, 0.3) is 0 Å². The summed E-state index contributed by atoms with van der Waals surface area (Å²) < 4.78 is 1.65. The van der Waals surface area contributed by atoms with Crippen molar-refractivity contribution in [2.24, 2.45) is 0 Å². The number of carbonyl (C=O) groups is 1. The van der Waals surface area contributed by atoms with Crippen molar-refractivity contribution in [3.63, 3.8) is 0 Å². The second-order valence-corrected chi connectivity index (χ2v) is 8.67. The summed E-state index contributed by atoms with van der Waals surface area (Å²) in [7, 11) is 0. The van der Waals surface area contributed by atoms with Gasteiger partial charge in [-0.25, -0.2) is 9.78 Å². The molecule has 0 bridgehead atoms. The Morgan fingerprint density at radius 2 is 1.86 bits per heavy atom. The highest BCUT2D eigenvalue weighted by Gasteiger charge is 2.17. The topological polar surface area (TPSA) is 122 Å². The number of nitrogens with zero attached hydrogens (tertiary/aromatic N) is 3. The highest BCUT2D eigenvalue weighted by atomic mass is 35.5. The zero-order valence-electron chi connectivity index (χ0n) is 18.8. The number of hydrogen-bond acceptors (Lipinski definition) is 6. The third-order valence-corrected chi connectivity index (χ3v) is 5.89. The Hall–Kier alpha value is -4.08. The van der Waals surface area contributed by atoms with Crippen LogP contribution in [0.5, 0.6) is 0 Å². The maximum Gasteiger partial charge on any atom is 0.352 e. The molecule has 4 aromatic rings. The monoisotopic (exact) mass is 525 g/mol. The molecule has 0 aliphatic carbocycles. The van der Waals surface area contributed by atoms with Crippen molar-refractivity contribution >= 4 is 52.2 Å².